The van der Waals surface area contributed by atoms with Gasteiger partial charge < -0.3 is 5.32 Å². The zero-order chi connectivity index (χ0) is 12.5. The Morgan fingerprint density at radius 3 is 2.76 bits per heavy atom. The van der Waals surface area contributed by atoms with E-state index in [4.69, 9.17) is 0 Å². The van der Waals surface area contributed by atoms with Gasteiger partial charge in [-0.25, -0.2) is 0 Å². The summed E-state index contributed by atoms with van der Waals surface area (Å²) in [4.78, 5) is 0. The molecule has 1 rings (SSSR count). The minimum absolute atomic E-state index is 0.677. The normalized spacial score (nSPS) is 26.7. The third kappa shape index (κ3) is 5.27. The minimum atomic E-state index is 0.677. The number of allylic oxidation sites excluding steroid dienone is 1. The van der Waals surface area contributed by atoms with Crippen molar-refractivity contribution in [1.82, 2.24) is 5.32 Å². The third-order valence-corrected chi connectivity index (χ3v) is 6.64. The highest BCUT2D eigenvalue weighted by molar-refractivity contribution is 8.07. The van der Waals surface area contributed by atoms with E-state index in [1.54, 1.807) is 0 Å². The van der Waals surface area contributed by atoms with Gasteiger partial charge in [-0.15, -0.1) is 6.58 Å². The molecule has 1 nitrogen and oxygen atoms in total. The molecule has 0 bridgehead atoms. The lowest BCUT2D eigenvalue weighted by Gasteiger charge is -2.36. The largest absolute Gasteiger partial charge is 0.313 e. The molecule has 3 atom stereocenters. The van der Waals surface area contributed by atoms with Crippen LogP contribution >= 0.6 is 23.5 Å². The third-order valence-electron chi connectivity index (χ3n) is 3.23. The van der Waals surface area contributed by atoms with Gasteiger partial charge in [0, 0.05) is 28.0 Å². The molecule has 0 aromatic rings. The Morgan fingerprint density at radius 2 is 2.12 bits per heavy atom. The average Bonchev–Trinajstić information content (AvgIpc) is 2.39. The molecule has 3 unspecified atom stereocenters. The van der Waals surface area contributed by atoms with E-state index in [0.29, 0.717) is 6.04 Å². The van der Waals surface area contributed by atoms with E-state index in [-0.39, 0.29) is 0 Å². The molecule has 0 spiro atoms. The van der Waals surface area contributed by atoms with Crippen LogP contribution in [0.2, 0.25) is 0 Å². The zero-order valence-corrected chi connectivity index (χ0v) is 12.9. The Morgan fingerprint density at radius 1 is 1.35 bits per heavy atom. The molecule has 100 valence electrons. The van der Waals surface area contributed by atoms with E-state index in [0.717, 1.165) is 23.5 Å². The molecule has 1 heterocycles. The maximum atomic E-state index is 3.86. The summed E-state index contributed by atoms with van der Waals surface area (Å²) < 4.78 is 0. The van der Waals surface area contributed by atoms with Crippen LogP contribution in [0.4, 0.5) is 0 Å². The summed E-state index contributed by atoms with van der Waals surface area (Å²) in [5, 5.41) is 5.39. The predicted molar refractivity (Wildman–Crippen MR) is 84.3 cm³/mol. The van der Waals surface area contributed by atoms with Crippen molar-refractivity contribution >= 4 is 23.5 Å². The van der Waals surface area contributed by atoms with E-state index in [1.165, 1.54) is 30.8 Å². The van der Waals surface area contributed by atoms with Crippen LogP contribution in [-0.2, 0) is 0 Å². The number of nitrogens with one attached hydrogen (secondary N) is 1. The van der Waals surface area contributed by atoms with Crippen molar-refractivity contribution in [1.29, 1.82) is 0 Å². The summed E-state index contributed by atoms with van der Waals surface area (Å²) in [7, 11) is 0. The van der Waals surface area contributed by atoms with Crippen LogP contribution in [-0.4, -0.2) is 34.6 Å². The van der Waals surface area contributed by atoms with Gasteiger partial charge in [-0.2, -0.15) is 23.5 Å². The molecule has 1 fully saturated rings. The van der Waals surface area contributed by atoms with Crippen LogP contribution in [0.15, 0.2) is 12.7 Å². The zero-order valence-electron chi connectivity index (χ0n) is 11.3. The molecule has 0 aromatic carbocycles. The van der Waals surface area contributed by atoms with Gasteiger partial charge in [0.2, 0.25) is 0 Å². The van der Waals surface area contributed by atoms with Crippen LogP contribution in [0.5, 0.6) is 0 Å². The Bertz CT molecular complexity index is 208. The van der Waals surface area contributed by atoms with Gasteiger partial charge in [-0.05, 0) is 32.2 Å². The molecule has 1 saturated heterocycles. The van der Waals surface area contributed by atoms with Gasteiger partial charge in [-0.1, -0.05) is 19.9 Å². The first-order chi connectivity index (χ1) is 8.33. The fourth-order valence-corrected chi connectivity index (χ4v) is 5.62. The van der Waals surface area contributed by atoms with Gasteiger partial charge in [0.25, 0.3) is 0 Å². The van der Waals surface area contributed by atoms with Crippen LogP contribution < -0.4 is 5.32 Å². The first-order valence-corrected chi connectivity index (χ1v) is 9.00. The molecule has 1 aliphatic heterocycles. The van der Waals surface area contributed by atoms with E-state index < -0.39 is 0 Å². The van der Waals surface area contributed by atoms with Gasteiger partial charge in [-0.3, -0.25) is 0 Å². The lowest BCUT2D eigenvalue weighted by molar-refractivity contribution is 0.456. The number of hydrogen-bond donors (Lipinski definition) is 1. The van der Waals surface area contributed by atoms with Crippen LogP contribution in [0.1, 0.15) is 39.5 Å². The van der Waals surface area contributed by atoms with Crippen molar-refractivity contribution in [2.24, 2.45) is 0 Å². The van der Waals surface area contributed by atoms with E-state index >= 15 is 0 Å². The second-order valence-corrected chi connectivity index (χ2v) is 7.21. The SMILES string of the molecule is C=CCCC(NCCC)C1SCCSC1CC. The molecule has 17 heavy (non-hydrogen) atoms. The van der Waals surface area contributed by atoms with Crippen LogP contribution in [0.25, 0.3) is 0 Å². The summed E-state index contributed by atoms with van der Waals surface area (Å²) in [6.45, 7) is 9.59. The fourth-order valence-electron chi connectivity index (χ4n) is 2.32. The number of thioether (sulfide) groups is 2. The van der Waals surface area contributed by atoms with Gasteiger partial charge in [0.1, 0.15) is 0 Å². The summed E-state index contributed by atoms with van der Waals surface area (Å²) in [6, 6.07) is 0.677. The molecule has 0 amide bonds. The molecule has 0 aromatic heterocycles. The van der Waals surface area contributed by atoms with Crippen molar-refractivity contribution < 1.29 is 0 Å². The standard InChI is InChI=1S/C14H27NS2/c1-4-7-8-12(15-9-5-2)14-13(6-3)16-10-11-17-14/h4,12-15H,1,5-11H2,2-3H3. The van der Waals surface area contributed by atoms with E-state index in [1.807, 2.05) is 0 Å². The lowest BCUT2D eigenvalue weighted by Crippen LogP contribution is -2.45. The Balaban J connectivity index is 2.54. The average molecular weight is 274 g/mol. The molecular weight excluding hydrogens is 246 g/mol. The Labute approximate surface area is 116 Å². The fraction of sp³-hybridized carbons (Fsp3) is 0.857. The molecule has 0 saturated carbocycles. The summed E-state index contributed by atoms with van der Waals surface area (Å²) in [6.07, 6.45) is 6.98. The maximum absolute atomic E-state index is 3.86. The molecule has 1 N–H and O–H groups in total. The van der Waals surface area contributed by atoms with Gasteiger partial charge in [0.05, 0.1) is 0 Å². The van der Waals surface area contributed by atoms with Gasteiger partial charge >= 0.3 is 0 Å². The summed E-state index contributed by atoms with van der Waals surface area (Å²) in [5.41, 5.74) is 0. The molecule has 3 heteroatoms. The van der Waals surface area contributed by atoms with Crippen molar-refractivity contribution in [2.75, 3.05) is 18.1 Å². The quantitative estimate of drug-likeness (QED) is 0.673. The van der Waals surface area contributed by atoms with Crippen molar-refractivity contribution in [3.8, 4) is 0 Å². The monoisotopic (exact) mass is 273 g/mol. The number of hydrogen-bond acceptors (Lipinski definition) is 3. The first kappa shape index (κ1) is 15.5. The second-order valence-electron chi connectivity index (χ2n) is 4.58. The van der Waals surface area contributed by atoms with Crippen molar-refractivity contribution in [3.63, 3.8) is 0 Å². The van der Waals surface area contributed by atoms with E-state index in [9.17, 15) is 0 Å². The first-order valence-electron chi connectivity index (χ1n) is 6.90. The molecule has 0 aliphatic carbocycles. The Hall–Kier alpha value is 0.400. The van der Waals surface area contributed by atoms with Crippen LogP contribution in [0.3, 0.4) is 0 Å². The highest BCUT2D eigenvalue weighted by atomic mass is 32.2. The topological polar surface area (TPSA) is 12.0 Å². The highest BCUT2D eigenvalue weighted by Crippen LogP contribution is 2.36. The molecule has 1 aliphatic rings. The molecular formula is C14H27NS2. The van der Waals surface area contributed by atoms with Gasteiger partial charge in [0.15, 0.2) is 0 Å². The smallest absolute Gasteiger partial charge is 0.0320 e. The molecule has 0 radical (unpaired) electrons. The highest BCUT2D eigenvalue weighted by Gasteiger charge is 2.31. The summed E-state index contributed by atoms with van der Waals surface area (Å²) in [5.74, 6) is 2.66. The lowest BCUT2D eigenvalue weighted by atomic mass is 10.0. The van der Waals surface area contributed by atoms with E-state index in [2.05, 4.69) is 55.3 Å². The maximum Gasteiger partial charge on any atom is 0.0320 e. The van der Waals surface area contributed by atoms with Crippen molar-refractivity contribution in [3.05, 3.63) is 12.7 Å². The number of rotatable bonds is 8. The summed E-state index contributed by atoms with van der Waals surface area (Å²) >= 11 is 4.37. The second kappa shape index (κ2) is 9.35. The predicted octanol–water partition coefficient (Wildman–Crippen LogP) is 3.95. The van der Waals surface area contributed by atoms with Crippen LogP contribution in [0, 0.1) is 0 Å². The minimum Gasteiger partial charge on any atom is -0.313 e. The Kier molecular flexibility index (Phi) is 8.50. The van der Waals surface area contributed by atoms with Crippen molar-refractivity contribution in [2.45, 2.75) is 56.1 Å².